The average molecular weight is 311 g/mol. The molecule has 0 amide bonds. The van der Waals surface area contributed by atoms with Gasteiger partial charge in [0, 0.05) is 17.0 Å². The smallest absolute Gasteiger partial charge is 0.292 e. The number of halogens is 2. The Balaban J connectivity index is 2.33. The molecule has 20 heavy (non-hydrogen) atoms. The first kappa shape index (κ1) is 14.8. The summed E-state index contributed by atoms with van der Waals surface area (Å²) in [6, 6.07) is 6.39. The number of rotatable bonds is 3. The minimum Gasteiger partial charge on any atom is -0.292 e. The number of benzene rings is 1. The largest absolute Gasteiger partial charge is 0.348 e. The van der Waals surface area contributed by atoms with E-state index in [0.29, 0.717) is 27.0 Å². The van der Waals surface area contributed by atoms with Crippen molar-refractivity contribution in [2.45, 2.75) is 20.4 Å². The number of carbonyl (C=O) groups is 1. The van der Waals surface area contributed by atoms with Crippen LogP contribution in [0.2, 0.25) is 10.0 Å². The van der Waals surface area contributed by atoms with E-state index < -0.39 is 5.69 Å². The molecule has 1 aromatic heterocycles. The van der Waals surface area contributed by atoms with E-state index >= 15 is 0 Å². The van der Waals surface area contributed by atoms with Gasteiger partial charge >= 0.3 is 5.69 Å². The zero-order valence-electron chi connectivity index (χ0n) is 11.0. The van der Waals surface area contributed by atoms with Crippen LogP contribution in [-0.4, -0.2) is 15.3 Å². The first-order chi connectivity index (χ1) is 9.38. The van der Waals surface area contributed by atoms with E-state index in [0.717, 1.165) is 0 Å². The molecule has 0 saturated carbocycles. The zero-order chi connectivity index (χ0) is 14.9. The Kier molecular flexibility index (Phi) is 4.26. The average Bonchev–Trinajstić information content (AvgIpc) is 2.36. The van der Waals surface area contributed by atoms with Gasteiger partial charge in [-0.25, -0.2) is 4.79 Å². The fourth-order valence-corrected chi connectivity index (χ4v) is 2.17. The lowest BCUT2D eigenvalue weighted by Crippen LogP contribution is -2.28. The SMILES string of the molecule is Cc1cc(C)n(CC(=O)c2ccc(Cl)c(Cl)c2)c(=O)n1. The predicted molar refractivity (Wildman–Crippen MR) is 78.8 cm³/mol. The molecule has 0 radical (unpaired) electrons. The van der Waals surface area contributed by atoms with Crippen LogP contribution in [0.15, 0.2) is 29.1 Å². The van der Waals surface area contributed by atoms with Crippen LogP contribution in [0.25, 0.3) is 0 Å². The van der Waals surface area contributed by atoms with Gasteiger partial charge < -0.3 is 0 Å². The molecular formula is C14H12Cl2N2O2. The van der Waals surface area contributed by atoms with Crippen molar-refractivity contribution in [2.24, 2.45) is 0 Å². The summed E-state index contributed by atoms with van der Waals surface area (Å²) in [6.07, 6.45) is 0. The monoisotopic (exact) mass is 310 g/mol. The van der Waals surface area contributed by atoms with E-state index in [4.69, 9.17) is 23.2 Å². The lowest BCUT2D eigenvalue weighted by atomic mass is 10.1. The highest BCUT2D eigenvalue weighted by molar-refractivity contribution is 6.42. The molecule has 2 aromatic rings. The predicted octanol–water partition coefficient (Wildman–Crippen LogP) is 3.05. The van der Waals surface area contributed by atoms with Crippen molar-refractivity contribution in [1.29, 1.82) is 0 Å². The van der Waals surface area contributed by atoms with Gasteiger partial charge in [-0.15, -0.1) is 0 Å². The van der Waals surface area contributed by atoms with Gasteiger partial charge in [0.2, 0.25) is 0 Å². The third kappa shape index (κ3) is 3.08. The van der Waals surface area contributed by atoms with E-state index in [1.807, 2.05) is 0 Å². The third-order valence-electron chi connectivity index (χ3n) is 2.89. The number of hydrogen-bond acceptors (Lipinski definition) is 3. The fourth-order valence-electron chi connectivity index (χ4n) is 1.87. The second-order valence-electron chi connectivity index (χ2n) is 4.46. The Morgan fingerprint density at radius 2 is 1.90 bits per heavy atom. The van der Waals surface area contributed by atoms with Crippen LogP contribution in [0, 0.1) is 13.8 Å². The highest BCUT2D eigenvalue weighted by Crippen LogP contribution is 2.22. The Bertz CT molecular complexity index is 738. The molecule has 0 N–H and O–H groups in total. The molecule has 0 spiro atoms. The van der Waals surface area contributed by atoms with Gasteiger partial charge in [0.05, 0.1) is 16.6 Å². The van der Waals surface area contributed by atoms with Gasteiger partial charge in [-0.05, 0) is 38.1 Å². The molecule has 0 aliphatic carbocycles. The highest BCUT2D eigenvalue weighted by atomic mass is 35.5. The van der Waals surface area contributed by atoms with Gasteiger partial charge in [-0.1, -0.05) is 23.2 Å². The zero-order valence-corrected chi connectivity index (χ0v) is 12.5. The molecule has 0 saturated heterocycles. The van der Waals surface area contributed by atoms with E-state index in [1.54, 1.807) is 32.0 Å². The maximum atomic E-state index is 12.2. The summed E-state index contributed by atoms with van der Waals surface area (Å²) in [6.45, 7) is 3.42. The van der Waals surface area contributed by atoms with Crippen LogP contribution in [0.4, 0.5) is 0 Å². The fraction of sp³-hybridized carbons (Fsp3) is 0.214. The third-order valence-corrected chi connectivity index (χ3v) is 3.63. The normalized spacial score (nSPS) is 10.6. The maximum Gasteiger partial charge on any atom is 0.348 e. The number of aryl methyl sites for hydroxylation is 2. The second kappa shape index (κ2) is 5.77. The molecule has 104 valence electrons. The topological polar surface area (TPSA) is 52.0 Å². The maximum absolute atomic E-state index is 12.2. The number of aromatic nitrogens is 2. The van der Waals surface area contributed by atoms with Gasteiger partial charge in [0.15, 0.2) is 5.78 Å². The molecule has 0 unspecified atom stereocenters. The molecule has 0 bridgehead atoms. The summed E-state index contributed by atoms with van der Waals surface area (Å²) >= 11 is 11.7. The Hall–Kier alpha value is -1.65. The van der Waals surface area contributed by atoms with Gasteiger partial charge in [0.25, 0.3) is 0 Å². The van der Waals surface area contributed by atoms with Gasteiger partial charge in [-0.3, -0.25) is 9.36 Å². The van der Waals surface area contributed by atoms with Crippen molar-refractivity contribution in [3.63, 3.8) is 0 Å². The summed E-state index contributed by atoms with van der Waals surface area (Å²) in [5, 5.41) is 0.692. The molecule has 1 aromatic carbocycles. The molecule has 1 heterocycles. The Morgan fingerprint density at radius 1 is 1.20 bits per heavy atom. The molecule has 0 fully saturated rings. The minimum absolute atomic E-state index is 0.0735. The minimum atomic E-state index is -0.434. The molecule has 0 aliphatic heterocycles. The lowest BCUT2D eigenvalue weighted by molar-refractivity contribution is 0.0969. The molecule has 2 rings (SSSR count). The van der Waals surface area contributed by atoms with Gasteiger partial charge in [-0.2, -0.15) is 4.98 Å². The van der Waals surface area contributed by atoms with E-state index in [-0.39, 0.29) is 12.3 Å². The second-order valence-corrected chi connectivity index (χ2v) is 5.27. The van der Waals surface area contributed by atoms with Crippen LogP contribution >= 0.6 is 23.2 Å². The molecule has 4 nitrogen and oxygen atoms in total. The molecule has 0 aliphatic rings. The van der Waals surface area contributed by atoms with Crippen LogP contribution in [0.5, 0.6) is 0 Å². The van der Waals surface area contributed by atoms with Crippen molar-refractivity contribution in [3.8, 4) is 0 Å². The standard InChI is InChI=1S/C14H12Cl2N2O2/c1-8-5-9(2)18(14(20)17-8)7-13(19)10-3-4-11(15)12(16)6-10/h3-6H,7H2,1-2H3. The van der Waals surface area contributed by atoms with E-state index in [1.165, 1.54) is 10.6 Å². The van der Waals surface area contributed by atoms with E-state index in [9.17, 15) is 9.59 Å². The lowest BCUT2D eigenvalue weighted by Gasteiger charge is -2.09. The van der Waals surface area contributed by atoms with Crippen molar-refractivity contribution >= 4 is 29.0 Å². The molecule has 0 atom stereocenters. The van der Waals surface area contributed by atoms with Crippen LogP contribution < -0.4 is 5.69 Å². The highest BCUT2D eigenvalue weighted by Gasteiger charge is 2.12. The number of hydrogen-bond donors (Lipinski definition) is 0. The molecule has 6 heteroatoms. The first-order valence-electron chi connectivity index (χ1n) is 5.92. The quantitative estimate of drug-likeness (QED) is 0.819. The number of Topliss-reactive ketones (excluding diaryl/α,β-unsaturated/α-hetero) is 1. The van der Waals surface area contributed by atoms with Crippen LogP contribution in [0.3, 0.4) is 0 Å². The number of ketones is 1. The van der Waals surface area contributed by atoms with E-state index in [2.05, 4.69) is 4.98 Å². The van der Waals surface area contributed by atoms with Crippen LogP contribution in [-0.2, 0) is 6.54 Å². The van der Waals surface area contributed by atoms with Crippen LogP contribution in [0.1, 0.15) is 21.7 Å². The first-order valence-corrected chi connectivity index (χ1v) is 6.67. The number of carbonyl (C=O) groups excluding carboxylic acids is 1. The molecular weight excluding hydrogens is 299 g/mol. The van der Waals surface area contributed by atoms with Crippen molar-refractivity contribution in [3.05, 3.63) is 61.7 Å². The summed E-state index contributed by atoms with van der Waals surface area (Å²) < 4.78 is 1.33. The number of nitrogens with zero attached hydrogens (tertiary/aromatic N) is 2. The van der Waals surface area contributed by atoms with Crippen molar-refractivity contribution in [1.82, 2.24) is 9.55 Å². The summed E-state index contributed by atoms with van der Waals surface area (Å²) in [7, 11) is 0. The van der Waals surface area contributed by atoms with Crippen molar-refractivity contribution in [2.75, 3.05) is 0 Å². The van der Waals surface area contributed by atoms with Gasteiger partial charge in [0.1, 0.15) is 0 Å². The Labute approximate surface area is 126 Å². The Morgan fingerprint density at radius 3 is 2.50 bits per heavy atom. The summed E-state index contributed by atoms with van der Waals surface area (Å²) in [4.78, 5) is 27.8. The van der Waals surface area contributed by atoms with Crippen molar-refractivity contribution < 1.29 is 4.79 Å². The summed E-state index contributed by atoms with van der Waals surface area (Å²) in [5.41, 5.74) is 1.30. The summed E-state index contributed by atoms with van der Waals surface area (Å²) in [5.74, 6) is -0.223.